The lowest BCUT2D eigenvalue weighted by Gasteiger charge is -2.09. The van der Waals surface area contributed by atoms with Crippen LogP contribution in [0.4, 0.5) is 0 Å². The van der Waals surface area contributed by atoms with Crippen LogP contribution in [-0.4, -0.2) is 28.0 Å². The minimum Gasteiger partial charge on any atom is -0.505 e. The number of benzene rings is 1. The van der Waals surface area contributed by atoms with Gasteiger partial charge in [0.2, 0.25) is 0 Å². The Morgan fingerprint density at radius 2 is 1.92 bits per heavy atom. The van der Waals surface area contributed by atoms with E-state index in [4.69, 9.17) is 4.74 Å². The van der Waals surface area contributed by atoms with Gasteiger partial charge in [-0.15, -0.1) is 0 Å². The standard InChI is InChI=1S/C21H22N2O3/c1-5-26-21(25)19-14(3)22-18(20(19)24)12-16-11-13(2)23(15(16)4)17-9-7-6-8-10-17/h6-12,24H,5H2,1-4H3/b18-12+. The number of esters is 1. The number of aliphatic hydroxyl groups is 1. The van der Waals surface area contributed by atoms with Crippen molar-refractivity contribution in [1.29, 1.82) is 0 Å². The van der Waals surface area contributed by atoms with Crippen LogP contribution in [0.25, 0.3) is 11.8 Å². The molecule has 0 aliphatic carbocycles. The number of para-hydroxylation sites is 1. The zero-order valence-electron chi connectivity index (χ0n) is 15.4. The summed E-state index contributed by atoms with van der Waals surface area (Å²) in [5.74, 6) is -0.685. The number of nitrogens with zero attached hydrogens (tertiary/aromatic N) is 2. The van der Waals surface area contributed by atoms with Gasteiger partial charge in [-0.1, -0.05) is 18.2 Å². The van der Waals surface area contributed by atoms with Gasteiger partial charge in [0.15, 0.2) is 5.76 Å². The summed E-state index contributed by atoms with van der Waals surface area (Å²) in [6, 6.07) is 12.1. The summed E-state index contributed by atoms with van der Waals surface area (Å²) in [6.07, 6.45) is 1.80. The molecule has 0 saturated heterocycles. The Morgan fingerprint density at radius 1 is 1.23 bits per heavy atom. The predicted octanol–water partition coefficient (Wildman–Crippen LogP) is 4.28. The number of aryl methyl sites for hydroxylation is 1. The minimum absolute atomic E-state index is 0.134. The lowest BCUT2D eigenvalue weighted by molar-refractivity contribution is -0.138. The summed E-state index contributed by atoms with van der Waals surface area (Å²) in [5.41, 5.74) is 5.09. The van der Waals surface area contributed by atoms with Crippen LogP contribution < -0.4 is 0 Å². The van der Waals surface area contributed by atoms with Crippen molar-refractivity contribution in [1.82, 2.24) is 4.57 Å². The van der Waals surface area contributed by atoms with E-state index in [-0.39, 0.29) is 17.9 Å². The molecule has 134 valence electrons. The van der Waals surface area contributed by atoms with E-state index in [1.807, 2.05) is 50.2 Å². The number of hydrogen-bond donors (Lipinski definition) is 1. The van der Waals surface area contributed by atoms with E-state index in [2.05, 4.69) is 9.56 Å². The zero-order chi connectivity index (χ0) is 18.8. The number of hydrogen-bond acceptors (Lipinski definition) is 4. The molecule has 26 heavy (non-hydrogen) atoms. The summed E-state index contributed by atoms with van der Waals surface area (Å²) in [6.45, 7) is 7.72. The summed E-state index contributed by atoms with van der Waals surface area (Å²) >= 11 is 0. The lowest BCUT2D eigenvalue weighted by Crippen LogP contribution is -2.13. The summed E-state index contributed by atoms with van der Waals surface area (Å²) in [5, 5.41) is 10.5. The van der Waals surface area contributed by atoms with Gasteiger partial charge in [0.25, 0.3) is 0 Å². The first-order chi connectivity index (χ1) is 12.4. The van der Waals surface area contributed by atoms with Crippen LogP contribution in [-0.2, 0) is 9.53 Å². The van der Waals surface area contributed by atoms with Crippen molar-refractivity contribution in [3.05, 3.63) is 70.4 Å². The molecule has 3 rings (SSSR count). The van der Waals surface area contributed by atoms with Crippen molar-refractivity contribution >= 4 is 17.8 Å². The number of aliphatic imine (C=N–C) groups is 1. The van der Waals surface area contributed by atoms with Crippen molar-refractivity contribution < 1.29 is 14.6 Å². The third-order valence-corrected chi connectivity index (χ3v) is 4.39. The average molecular weight is 350 g/mol. The van der Waals surface area contributed by atoms with Gasteiger partial charge in [-0.05, 0) is 57.5 Å². The quantitative estimate of drug-likeness (QED) is 0.837. The molecule has 1 N–H and O–H groups in total. The van der Waals surface area contributed by atoms with Crippen molar-refractivity contribution in [2.75, 3.05) is 6.61 Å². The van der Waals surface area contributed by atoms with Crippen LogP contribution in [0.1, 0.15) is 30.8 Å². The number of aliphatic hydroxyl groups excluding tert-OH is 1. The van der Waals surface area contributed by atoms with Gasteiger partial charge in [0, 0.05) is 17.1 Å². The Balaban J connectivity index is 2.03. The van der Waals surface area contributed by atoms with Crippen LogP contribution in [0.3, 0.4) is 0 Å². The van der Waals surface area contributed by atoms with E-state index in [0.29, 0.717) is 11.4 Å². The van der Waals surface area contributed by atoms with E-state index >= 15 is 0 Å². The molecule has 0 fully saturated rings. The van der Waals surface area contributed by atoms with Crippen LogP contribution in [0.2, 0.25) is 0 Å². The number of rotatable bonds is 4. The third-order valence-electron chi connectivity index (χ3n) is 4.39. The molecule has 0 bridgehead atoms. The zero-order valence-corrected chi connectivity index (χ0v) is 15.4. The molecule has 0 amide bonds. The second-order valence-electron chi connectivity index (χ2n) is 6.17. The molecule has 5 heteroatoms. The van der Waals surface area contributed by atoms with Crippen LogP contribution in [0.5, 0.6) is 0 Å². The van der Waals surface area contributed by atoms with Crippen molar-refractivity contribution in [3.63, 3.8) is 0 Å². The van der Waals surface area contributed by atoms with E-state index in [0.717, 1.165) is 22.6 Å². The Hall–Kier alpha value is -3.08. The normalized spacial score (nSPS) is 15.5. The molecule has 1 aromatic heterocycles. The molecule has 0 saturated carbocycles. The summed E-state index contributed by atoms with van der Waals surface area (Å²) in [4.78, 5) is 16.4. The molecule has 2 aromatic rings. The monoisotopic (exact) mass is 350 g/mol. The lowest BCUT2D eigenvalue weighted by atomic mass is 10.1. The molecule has 1 aliphatic heterocycles. The van der Waals surface area contributed by atoms with Gasteiger partial charge in [0.1, 0.15) is 11.3 Å². The summed E-state index contributed by atoms with van der Waals surface area (Å²) < 4.78 is 7.14. The molecule has 1 aromatic carbocycles. The molecule has 0 unspecified atom stereocenters. The highest BCUT2D eigenvalue weighted by Crippen LogP contribution is 2.29. The third kappa shape index (κ3) is 3.08. The maximum absolute atomic E-state index is 12.0. The smallest absolute Gasteiger partial charge is 0.343 e. The topological polar surface area (TPSA) is 63.8 Å². The SMILES string of the molecule is CCOC(=O)C1=C(O)/C(=C\c2cc(C)n(-c3ccccc3)c2C)N=C1C. The molecular formula is C21H22N2O3. The molecule has 0 radical (unpaired) electrons. The Morgan fingerprint density at radius 3 is 2.58 bits per heavy atom. The highest BCUT2D eigenvalue weighted by Gasteiger charge is 2.27. The van der Waals surface area contributed by atoms with Gasteiger partial charge < -0.3 is 14.4 Å². The number of carbonyl (C=O) groups excluding carboxylic acids is 1. The molecule has 2 heterocycles. The van der Waals surface area contributed by atoms with Gasteiger partial charge >= 0.3 is 5.97 Å². The van der Waals surface area contributed by atoms with Crippen molar-refractivity contribution in [2.45, 2.75) is 27.7 Å². The largest absolute Gasteiger partial charge is 0.505 e. The Bertz CT molecular complexity index is 947. The van der Waals surface area contributed by atoms with E-state index < -0.39 is 5.97 Å². The maximum Gasteiger partial charge on any atom is 0.343 e. The average Bonchev–Trinajstić information content (AvgIpc) is 3.04. The highest BCUT2D eigenvalue weighted by molar-refractivity contribution is 6.22. The molecule has 1 aliphatic rings. The first-order valence-corrected chi connectivity index (χ1v) is 8.56. The highest BCUT2D eigenvalue weighted by atomic mass is 16.5. The van der Waals surface area contributed by atoms with Gasteiger partial charge in [-0.25, -0.2) is 9.79 Å². The fourth-order valence-electron chi connectivity index (χ4n) is 3.19. The second kappa shape index (κ2) is 7.04. The second-order valence-corrected chi connectivity index (χ2v) is 6.17. The molecule has 5 nitrogen and oxygen atoms in total. The molecular weight excluding hydrogens is 328 g/mol. The van der Waals surface area contributed by atoms with E-state index in [9.17, 15) is 9.90 Å². The minimum atomic E-state index is -0.551. The van der Waals surface area contributed by atoms with Gasteiger partial charge in [0.05, 0.1) is 12.3 Å². The first-order valence-electron chi connectivity index (χ1n) is 8.56. The molecule has 0 atom stereocenters. The van der Waals surface area contributed by atoms with Crippen LogP contribution in [0.15, 0.2) is 58.4 Å². The van der Waals surface area contributed by atoms with Gasteiger partial charge in [-0.2, -0.15) is 0 Å². The molecule has 0 spiro atoms. The number of aromatic nitrogens is 1. The van der Waals surface area contributed by atoms with Crippen molar-refractivity contribution in [2.24, 2.45) is 4.99 Å². The fraction of sp³-hybridized carbons (Fsp3) is 0.238. The first kappa shape index (κ1) is 17.7. The maximum atomic E-state index is 12.0. The van der Waals surface area contributed by atoms with E-state index in [1.54, 1.807) is 19.9 Å². The van der Waals surface area contributed by atoms with E-state index in [1.165, 1.54) is 0 Å². The van der Waals surface area contributed by atoms with Crippen LogP contribution in [0, 0.1) is 13.8 Å². The number of ether oxygens (including phenoxy) is 1. The van der Waals surface area contributed by atoms with Gasteiger partial charge in [-0.3, -0.25) is 0 Å². The Labute approximate surface area is 153 Å². The fourth-order valence-corrected chi connectivity index (χ4v) is 3.19. The predicted molar refractivity (Wildman–Crippen MR) is 103 cm³/mol. The van der Waals surface area contributed by atoms with Crippen molar-refractivity contribution in [3.8, 4) is 5.69 Å². The number of carbonyl (C=O) groups is 1. The summed E-state index contributed by atoms with van der Waals surface area (Å²) in [7, 11) is 0. The Kier molecular flexibility index (Phi) is 4.80. The van der Waals surface area contributed by atoms with Crippen LogP contribution >= 0.6 is 0 Å².